The fourth-order valence-corrected chi connectivity index (χ4v) is 12.3. The molecule has 0 radical (unpaired) electrons. The smallest absolute Gasteiger partial charge is 0.306 e. The minimum atomic E-state index is -4.64. The van der Waals surface area contributed by atoms with Crippen molar-refractivity contribution in [1.29, 1.82) is 0 Å². The molecule has 0 N–H and O–H groups in total. The van der Waals surface area contributed by atoms with Crippen LogP contribution in [0.3, 0.4) is 0 Å². The van der Waals surface area contributed by atoms with Gasteiger partial charge in [0, 0.05) is 12.8 Å². The van der Waals surface area contributed by atoms with Gasteiger partial charge >= 0.3 is 11.9 Å². The second-order valence-corrected chi connectivity index (χ2v) is 29.1. The highest BCUT2D eigenvalue weighted by Gasteiger charge is 2.22. The number of quaternary nitrogens is 1. The molecule has 0 amide bonds. The van der Waals surface area contributed by atoms with E-state index >= 15 is 0 Å². The maximum atomic E-state index is 12.9. The fraction of sp³-hybridized carbons (Fsp3) is 0.850. The van der Waals surface area contributed by atoms with Crippen molar-refractivity contribution in [2.75, 3.05) is 47.5 Å². The van der Waals surface area contributed by atoms with E-state index in [1.165, 1.54) is 302 Å². The van der Waals surface area contributed by atoms with Crippen molar-refractivity contribution >= 4 is 19.8 Å². The summed E-state index contributed by atoms with van der Waals surface area (Å²) in [6.45, 7) is 4.28. The molecular weight excluding hydrogens is 1130 g/mol. The number of carbonyl (C=O) groups excluding carboxylic acids is 2. The standard InChI is InChI=1S/C80H150NO8P/c1-6-8-10-12-14-16-18-20-22-24-26-28-30-32-33-34-35-36-37-38-39-40-41-42-43-44-45-46-47-49-51-53-55-57-59-61-63-65-67-69-71-73-80(83)89-78(77-88-90(84,85)87-75-74-81(3,4)5)76-86-79(82)72-70-68-66-64-62-60-58-56-54-52-50-48-31-29-27-25-23-21-19-17-15-13-11-9-7-2/h18-21,24-27,30,32,78H,6-17,22-23,28-29,31,33-77H2,1-5H3/b20-18-,21-19-,26-24-,27-25-,32-30-. The second kappa shape index (κ2) is 71.0. The van der Waals surface area contributed by atoms with Gasteiger partial charge in [0.2, 0.25) is 0 Å². The minimum Gasteiger partial charge on any atom is -0.756 e. The largest absolute Gasteiger partial charge is 0.756 e. The van der Waals surface area contributed by atoms with E-state index in [2.05, 4.69) is 74.6 Å². The lowest BCUT2D eigenvalue weighted by Gasteiger charge is -2.28. The first kappa shape index (κ1) is 87.7. The van der Waals surface area contributed by atoms with Gasteiger partial charge in [0.15, 0.2) is 6.10 Å². The molecule has 10 heteroatoms. The molecular formula is C80H150NO8P. The Labute approximate surface area is 559 Å². The number of ether oxygens (including phenoxy) is 2. The second-order valence-electron chi connectivity index (χ2n) is 27.7. The lowest BCUT2D eigenvalue weighted by Crippen LogP contribution is -2.37. The van der Waals surface area contributed by atoms with Crippen LogP contribution in [0.1, 0.15) is 386 Å². The van der Waals surface area contributed by atoms with E-state index in [9.17, 15) is 19.0 Å². The lowest BCUT2D eigenvalue weighted by atomic mass is 10.0. The molecule has 0 aliphatic carbocycles. The maximum Gasteiger partial charge on any atom is 0.306 e. The molecule has 0 aromatic rings. The van der Waals surface area contributed by atoms with E-state index < -0.39 is 26.5 Å². The van der Waals surface area contributed by atoms with Gasteiger partial charge in [0.25, 0.3) is 7.82 Å². The van der Waals surface area contributed by atoms with Crippen LogP contribution in [-0.4, -0.2) is 70.0 Å². The van der Waals surface area contributed by atoms with E-state index in [1.807, 2.05) is 21.1 Å². The molecule has 0 aliphatic rings. The summed E-state index contributed by atoms with van der Waals surface area (Å²) in [7, 11) is 1.18. The molecule has 2 atom stereocenters. The van der Waals surface area contributed by atoms with Crippen LogP contribution in [0, 0.1) is 0 Å². The van der Waals surface area contributed by atoms with Crippen LogP contribution in [0.2, 0.25) is 0 Å². The first-order valence-corrected chi connectivity index (χ1v) is 40.5. The van der Waals surface area contributed by atoms with Crippen molar-refractivity contribution in [3.63, 3.8) is 0 Å². The molecule has 0 rings (SSSR count). The number of esters is 2. The molecule has 0 heterocycles. The van der Waals surface area contributed by atoms with E-state index in [0.717, 1.165) is 51.4 Å². The number of phosphoric acid groups is 1. The first-order chi connectivity index (χ1) is 44.0. The summed E-state index contributed by atoms with van der Waals surface area (Å²) >= 11 is 0. The molecule has 0 aromatic carbocycles. The molecule has 0 saturated carbocycles. The number of phosphoric ester groups is 1. The number of hydrogen-bond donors (Lipinski definition) is 0. The van der Waals surface area contributed by atoms with Crippen LogP contribution in [0.25, 0.3) is 0 Å². The Hall–Kier alpha value is -2.29. The Balaban J connectivity index is 3.90. The van der Waals surface area contributed by atoms with Crippen LogP contribution in [0.15, 0.2) is 60.8 Å². The summed E-state index contributed by atoms with van der Waals surface area (Å²) in [5, 5.41) is 0. The van der Waals surface area contributed by atoms with Crippen LogP contribution in [0.5, 0.6) is 0 Å². The number of carbonyl (C=O) groups is 2. The van der Waals surface area contributed by atoms with E-state index in [1.54, 1.807) is 0 Å². The monoisotopic (exact) mass is 1280 g/mol. The number of hydrogen-bond acceptors (Lipinski definition) is 8. The lowest BCUT2D eigenvalue weighted by molar-refractivity contribution is -0.870. The number of rotatable bonds is 73. The van der Waals surface area contributed by atoms with Gasteiger partial charge in [0.1, 0.15) is 19.8 Å². The highest BCUT2D eigenvalue weighted by molar-refractivity contribution is 7.45. The average molecular weight is 1290 g/mol. The van der Waals surface area contributed by atoms with Crippen molar-refractivity contribution in [3.8, 4) is 0 Å². The number of unbranched alkanes of at least 4 members (excludes halogenated alkanes) is 49. The highest BCUT2D eigenvalue weighted by atomic mass is 31.2. The van der Waals surface area contributed by atoms with Crippen molar-refractivity contribution in [2.45, 2.75) is 392 Å². The number of allylic oxidation sites excluding steroid dienone is 10. The van der Waals surface area contributed by atoms with Crippen LogP contribution < -0.4 is 4.89 Å². The number of likely N-dealkylation sites (N-methyl/N-ethyl adjacent to an activating group) is 1. The zero-order chi connectivity index (χ0) is 65.5. The summed E-state index contributed by atoms with van der Waals surface area (Å²) in [6, 6.07) is 0. The minimum absolute atomic E-state index is 0.0293. The maximum absolute atomic E-state index is 12.9. The summed E-state index contributed by atoms with van der Waals surface area (Å²) in [6.07, 6.45) is 94.8. The van der Waals surface area contributed by atoms with Gasteiger partial charge in [-0.25, -0.2) is 0 Å². The van der Waals surface area contributed by atoms with Crippen molar-refractivity contribution < 1.29 is 42.1 Å². The van der Waals surface area contributed by atoms with Gasteiger partial charge in [-0.3, -0.25) is 14.2 Å². The average Bonchev–Trinajstić information content (AvgIpc) is 3.62. The molecule has 0 aliphatic heterocycles. The molecule has 0 spiro atoms. The Bertz CT molecular complexity index is 1700. The van der Waals surface area contributed by atoms with E-state index in [0.29, 0.717) is 17.4 Å². The predicted molar refractivity (Wildman–Crippen MR) is 388 cm³/mol. The molecule has 9 nitrogen and oxygen atoms in total. The van der Waals surface area contributed by atoms with E-state index in [-0.39, 0.29) is 32.0 Å². The Morgan fingerprint density at radius 3 is 0.889 bits per heavy atom. The Morgan fingerprint density at radius 1 is 0.344 bits per heavy atom. The fourth-order valence-electron chi connectivity index (χ4n) is 11.5. The zero-order valence-electron chi connectivity index (χ0n) is 60.4. The Kier molecular flexibility index (Phi) is 69.2. The van der Waals surface area contributed by atoms with Gasteiger partial charge in [-0.1, -0.05) is 351 Å². The third-order valence-electron chi connectivity index (χ3n) is 17.5. The van der Waals surface area contributed by atoms with Gasteiger partial charge in [-0.15, -0.1) is 0 Å². The van der Waals surface area contributed by atoms with Crippen molar-refractivity contribution in [1.82, 2.24) is 0 Å². The number of nitrogens with zero attached hydrogens (tertiary/aromatic N) is 1. The topological polar surface area (TPSA) is 111 Å². The van der Waals surface area contributed by atoms with Crippen molar-refractivity contribution in [2.24, 2.45) is 0 Å². The quantitative estimate of drug-likeness (QED) is 0.0195. The van der Waals surface area contributed by atoms with Gasteiger partial charge in [-0.2, -0.15) is 0 Å². The van der Waals surface area contributed by atoms with Gasteiger partial charge in [0.05, 0.1) is 27.7 Å². The normalized spacial score (nSPS) is 13.4. The molecule has 0 aromatic heterocycles. The summed E-state index contributed by atoms with van der Waals surface area (Å²) < 4.78 is 34.4. The molecule has 90 heavy (non-hydrogen) atoms. The zero-order valence-corrected chi connectivity index (χ0v) is 61.2. The molecule has 0 saturated heterocycles. The summed E-state index contributed by atoms with van der Waals surface area (Å²) in [4.78, 5) is 38.1. The predicted octanol–water partition coefficient (Wildman–Crippen LogP) is 25.1. The summed E-state index contributed by atoms with van der Waals surface area (Å²) in [5.41, 5.74) is 0. The highest BCUT2D eigenvalue weighted by Crippen LogP contribution is 2.38. The summed E-state index contributed by atoms with van der Waals surface area (Å²) in [5.74, 6) is -0.815. The molecule has 2 unspecified atom stereocenters. The van der Waals surface area contributed by atoms with Crippen LogP contribution in [-0.2, 0) is 32.7 Å². The van der Waals surface area contributed by atoms with Crippen LogP contribution >= 0.6 is 7.82 Å². The Morgan fingerprint density at radius 2 is 0.600 bits per heavy atom. The molecule has 0 fully saturated rings. The third-order valence-corrected chi connectivity index (χ3v) is 18.5. The SMILES string of the molecule is CCCCCCC/C=C\C/C=C\C/C=C\CCCCCCCCCCCCCCCCCCCCCCCCCCCCC(=O)OC(COC(=O)CCCCCCCCCCCCCCC/C=C\C/C=C\CCCCCCC)COP(=O)([O-])OCC[N+](C)(C)C. The third kappa shape index (κ3) is 74.7. The van der Waals surface area contributed by atoms with Crippen molar-refractivity contribution in [3.05, 3.63) is 60.8 Å². The molecule has 0 bridgehead atoms. The van der Waals surface area contributed by atoms with E-state index in [4.69, 9.17) is 18.5 Å². The first-order valence-electron chi connectivity index (χ1n) is 39.0. The molecule has 528 valence electrons. The van der Waals surface area contributed by atoms with Gasteiger partial charge in [-0.05, 0) is 83.5 Å². The van der Waals surface area contributed by atoms with Crippen LogP contribution in [0.4, 0.5) is 0 Å². The van der Waals surface area contributed by atoms with Gasteiger partial charge < -0.3 is 27.9 Å².